The third kappa shape index (κ3) is 4.28. The Morgan fingerprint density at radius 3 is 2.76 bits per heavy atom. The molecule has 2 aliphatic rings. The SMILES string of the molecule is COC1CCCC(NCCNC(=O)C2CC2)C1. The van der Waals surface area contributed by atoms with Gasteiger partial charge in [-0.25, -0.2) is 0 Å². The first kappa shape index (κ1) is 12.8. The number of methoxy groups -OCH3 is 1. The molecule has 2 atom stereocenters. The zero-order valence-electron chi connectivity index (χ0n) is 10.7. The Morgan fingerprint density at radius 2 is 2.06 bits per heavy atom. The van der Waals surface area contributed by atoms with Gasteiger partial charge in [0.05, 0.1) is 6.10 Å². The van der Waals surface area contributed by atoms with E-state index in [0.717, 1.165) is 32.4 Å². The Balaban J connectivity index is 1.53. The molecule has 2 aliphatic carbocycles. The number of carbonyl (C=O) groups excluding carboxylic acids is 1. The lowest BCUT2D eigenvalue weighted by Crippen LogP contribution is -2.41. The van der Waals surface area contributed by atoms with E-state index in [1.165, 1.54) is 19.3 Å². The molecule has 0 aromatic carbocycles. The summed E-state index contributed by atoms with van der Waals surface area (Å²) in [6, 6.07) is 0.562. The number of ether oxygens (including phenoxy) is 1. The van der Waals surface area contributed by atoms with Gasteiger partial charge in [-0.05, 0) is 38.5 Å². The van der Waals surface area contributed by atoms with Gasteiger partial charge in [-0.1, -0.05) is 0 Å². The van der Waals surface area contributed by atoms with Crippen molar-refractivity contribution in [3.8, 4) is 0 Å². The number of hydrogen-bond donors (Lipinski definition) is 2. The van der Waals surface area contributed by atoms with E-state index in [0.29, 0.717) is 18.1 Å². The molecule has 0 heterocycles. The fourth-order valence-electron chi connectivity index (χ4n) is 2.50. The fraction of sp³-hybridized carbons (Fsp3) is 0.923. The Morgan fingerprint density at radius 1 is 1.24 bits per heavy atom. The predicted octanol–water partition coefficient (Wildman–Crippen LogP) is 1.06. The maximum Gasteiger partial charge on any atom is 0.223 e. The highest BCUT2D eigenvalue weighted by Gasteiger charge is 2.29. The van der Waals surface area contributed by atoms with Crippen LogP contribution in [0.3, 0.4) is 0 Å². The molecule has 0 spiro atoms. The molecule has 0 aliphatic heterocycles. The van der Waals surface area contributed by atoms with Gasteiger partial charge in [-0.3, -0.25) is 4.79 Å². The van der Waals surface area contributed by atoms with E-state index in [9.17, 15) is 4.79 Å². The fourth-order valence-corrected chi connectivity index (χ4v) is 2.50. The molecule has 4 nitrogen and oxygen atoms in total. The summed E-state index contributed by atoms with van der Waals surface area (Å²) in [5.41, 5.74) is 0. The summed E-state index contributed by atoms with van der Waals surface area (Å²) < 4.78 is 5.40. The van der Waals surface area contributed by atoms with E-state index in [2.05, 4.69) is 10.6 Å². The molecule has 2 N–H and O–H groups in total. The van der Waals surface area contributed by atoms with E-state index >= 15 is 0 Å². The third-order valence-electron chi connectivity index (χ3n) is 3.76. The van der Waals surface area contributed by atoms with E-state index in [1.54, 1.807) is 7.11 Å². The molecule has 2 rings (SSSR count). The van der Waals surface area contributed by atoms with Crippen molar-refractivity contribution >= 4 is 5.91 Å². The van der Waals surface area contributed by atoms with Crippen molar-refractivity contribution in [1.29, 1.82) is 0 Å². The van der Waals surface area contributed by atoms with Gasteiger partial charge in [-0.2, -0.15) is 0 Å². The van der Waals surface area contributed by atoms with Crippen LogP contribution in [0.4, 0.5) is 0 Å². The van der Waals surface area contributed by atoms with E-state index in [1.807, 2.05) is 0 Å². The monoisotopic (exact) mass is 240 g/mol. The van der Waals surface area contributed by atoms with Gasteiger partial charge in [0.15, 0.2) is 0 Å². The summed E-state index contributed by atoms with van der Waals surface area (Å²) in [6.07, 6.45) is 7.35. The van der Waals surface area contributed by atoms with Crippen LogP contribution in [0.1, 0.15) is 38.5 Å². The minimum Gasteiger partial charge on any atom is -0.381 e. The lowest BCUT2D eigenvalue weighted by Gasteiger charge is -2.29. The molecule has 2 fully saturated rings. The summed E-state index contributed by atoms with van der Waals surface area (Å²) in [4.78, 5) is 11.4. The van der Waals surface area contributed by atoms with Crippen LogP contribution in [0.2, 0.25) is 0 Å². The number of nitrogens with one attached hydrogen (secondary N) is 2. The quantitative estimate of drug-likeness (QED) is 0.683. The van der Waals surface area contributed by atoms with Crippen LogP contribution < -0.4 is 10.6 Å². The second kappa shape index (κ2) is 6.36. The molecular formula is C13H24N2O2. The Kier molecular flexibility index (Phi) is 4.80. The smallest absolute Gasteiger partial charge is 0.223 e. The van der Waals surface area contributed by atoms with Gasteiger partial charge < -0.3 is 15.4 Å². The number of amides is 1. The highest BCUT2D eigenvalue weighted by molar-refractivity contribution is 5.80. The zero-order chi connectivity index (χ0) is 12.1. The van der Waals surface area contributed by atoms with E-state index < -0.39 is 0 Å². The molecule has 0 aromatic heterocycles. The standard InChI is InChI=1S/C13H24N2O2/c1-17-12-4-2-3-11(9-12)14-7-8-15-13(16)10-5-6-10/h10-12,14H,2-9H2,1H3,(H,15,16). The normalized spacial score (nSPS) is 29.0. The van der Waals surface area contributed by atoms with Crippen molar-refractivity contribution in [2.24, 2.45) is 5.92 Å². The minimum atomic E-state index is 0.241. The van der Waals surface area contributed by atoms with Crippen molar-refractivity contribution in [1.82, 2.24) is 10.6 Å². The summed E-state index contributed by atoms with van der Waals surface area (Å²) >= 11 is 0. The molecule has 0 radical (unpaired) electrons. The number of rotatable bonds is 6. The minimum absolute atomic E-state index is 0.241. The maximum atomic E-state index is 11.4. The van der Waals surface area contributed by atoms with Crippen LogP contribution in [0.15, 0.2) is 0 Å². The van der Waals surface area contributed by atoms with Gasteiger partial charge in [0.2, 0.25) is 5.91 Å². The maximum absolute atomic E-state index is 11.4. The Hall–Kier alpha value is -0.610. The van der Waals surface area contributed by atoms with E-state index in [-0.39, 0.29) is 5.91 Å². The molecular weight excluding hydrogens is 216 g/mol. The van der Waals surface area contributed by atoms with Crippen molar-refractivity contribution in [3.05, 3.63) is 0 Å². The van der Waals surface area contributed by atoms with E-state index in [4.69, 9.17) is 4.74 Å². The first-order valence-corrected chi connectivity index (χ1v) is 6.83. The summed E-state index contributed by atoms with van der Waals surface area (Å²) in [7, 11) is 1.79. The number of carbonyl (C=O) groups is 1. The Labute approximate surface area is 103 Å². The highest BCUT2D eigenvalue weighted by atomic mass is 16.5. The molecule has 98 valence electrons. The van der Waals surface area contributed by atoms with Crippen molar-refractivity contribution in [2.45, 2.75) is 50.7 Å². The van der Waals surface area contributed by atoms with Crippen LogP contribution in [0.25, 0.3) is 0 Å². The summed E-state index contributed by atoms with van der Waals surface area (Å²) in [5, 5.41) is 6.48. The molecule has 17 heavy (non-hydrogen) atoms. The van der Waals surface area contributed by atoms with Gasteiger partial charge >= 0.3 is 0 Å². The first-order chi connectivity index (χ1) is 8.29. The van der Waals surface area contributed by atoms with Crippen molar-refractivity contribution in [3.63, 3.8) is 0 Å². The van der Waals surface area contributed by atoms with Crippen molar-refractivity contribution in [2.75, 3.05) is 20.2 Å². The number of hydrogen-bond acceptors (Lipinski definition) is 3. The van der Waals surface area contributed by atoms with Crippen LogP contribution in [-0.2, 0) is 9.53 Å². The predicted molar refractivity (Wildman–Crippen MR) is 66.8 cm³/mol. The van der Waals surface area contributed by atoms with Crippen LogP contribution in [0.5, 0.6) is 0 Å². The van der Waals surface area contributed by atoms with Crippen LogP contribution >= 0.6 is 0 Å². The summed E-state index contributed by atoms with van der Waals surface area (Å²) in [6.45, 7) is 1.63. The van der Waals surface area contributed by atoms with Gasteiger partial charge in [-0.15, -0.1) is 0 Å². The van der Waals surface area contributed by atoms with Crippen LogP contribution in [0, 0.1) is 5.92 Å². The largest absolute Gasteiger partial charge is 0.381 e. The van der Waals surface area contributed by atoms with Gasteiger partial charge in [0.25, 0.3) is 0 Å². The average molecular weight is 240 g/mol. The van der Waals surface area contributed by atoms with Crippen molar-refractivity contribution < 1.29 is 9.53 Å². The van der Waals surface area contributed by atoms with Crippen LogP contribution in [-0.4, -0.2) is 38.3 Å². The van der Waals surface area contributed by atoms with Gasteiger partial charge in [0, 0.05) is 32.2 Å². The highest BCUT2D eigenvalue weighted by Crippen LogP contribution is 2.28. The average Bonchev–Trinajstić information content (AvgIpc) is 3.19. The molecule has 1 amide bonds. The van der Waals surface area contributed by atoms with Gasteiger partial charge in [0.1, 0.15) is 0 Å². The third-order valence-corrected chi connectivity index (χ3v) is 3.76. The second-order valence-electron chi connectivity index (χ2n) is 5.24. The molecule has 4 heteroatoms. The topological polar surface area (TPSA) is 50.4 Å². The second-order valence-corrected chi connectivity index (χ2v) is 5.24. The lowest BCUT2D eigenvalue weighted by atomic mass is 9.93. The molecule has 0 saturated heterocycles. The zero-order valence-corrected chi connectivity index (χ0v) is 10.7. The molecule has 2 unspecified atom stereocenters. The first-order valence-electron chi connectivity index (χ1n) is 6.83. The Bertz CT molecular complexity index is 254. The molecule has 0 bridgehead atoms. The molecule has 2 saturated carbocycles. The lowest BCUT2D eigenvalue weighted by molar-refractivity contribution is -0.122. The molecule has 0 aromatic rings. The summed E-state index contributed by atoms with van der Waals surface area (Å²) in [5.74, 6) is 0.563.